The van der Waals surface area contributed by atoms with Crippen LogP contribution in [-0.2, 0) is 0 Å². The molecule has 2 rings (SSSR count). The van der Waals surface area contributed by atoms with Gasteiger partial charge in [-0.25, -0.2) is 0 Å². The Hall–Kier alpha value is -1.07. The molecule has 3 heteroatoms. The van der Waals surface area contributed by atoms with E-state index in [0.717, 1.165) is 27.1 Å². The Bertz CT molecular complexity index is 508. The van der Waals surface area contributed by atoms with Crippen molar-refractivity contribution < 1.29 is 9.84 Å². The van der Waals surface area contributed by atoms with Crippen molar-refractivity contribution in [2.24, 2.45) is 0 Å². The summed E-state index contributed by atoms with van der Waals surface area (Å²) in [5, 5.41) is 9.71. The molecule has 0 aromatic heterocycles. The van der Waals surface area contributed by atoms with Crippen LogP contribution in [0, 0.1) is 3.57 Å². The summed E-state index contributed by atoms with van der Waals surface area (Å²) >= 11 is 2.25. The molecule has 18 heavy (non-hydrogen) atoms. The summed E-state index contributed by atoms with van der Waals surface area (Å²) in [5.41, 5.74) is 0.924. The molecular weight excluding hydrogens is 339 g/mol. The number of para-hydroxylation sites is 1. The molecule has 1 atom stereocenters. The van der Waals surface area contributed by atoms with Crippen LogP contribution in [0.15, 0.2) is 48.5 Å². The number of hydrogen-bond acceptors (Lipinski definition) is 2. The molecule has 2 nitrogen and oxygen atoms in total. The quantitative estimate of drug-likeness (QED) is 0.818. The fourth-order valence-electron chi connectivity index (χ4n) is 1.65. The fourth-order valence-corrected chi connectivity index (χ4v) is 2.15. The van der Waals surface area contributed by atoms with Gasteiger partial charge in [0.25, 0.3) is 0 Å². The Labute approximate surface area is 121 Å². The Morgan fingerprint density at radius 1 is 1.11 bits per heavy atom. The predicted octanol–water partition coefficient (Wildman–Crippen LogP) is 4.53. The van der Waals surface area contributed by atoms with Gasteiger partial charge >= 0.3 is 0 Å². The van der Waals surface area contributed by atoms with Crippen LogP contribution in [0.3, 0.4) is 0 Å². The number of ether oxygens (including phenoxy) is 1. The topological polar surface area (TPSA) is 29.5 Å². The monoisotopic (exact) mass is 354 g/mol. The van der Waals surface area contributed by atoms with Crippen molar-refractivity contribution in [3.8, 4) is 11.5 Å². The van der Waals surface area contributed by atoms with Crippen molar-refractivity contribution in [2.45, 2.75) is 19.4 Å². The van der Waals surface area contributed by atoms with Gasteiger partial charge in [-0.3, -0.25) is 0 Å². The first kappa shape index (κ1) is 13.4. The van der Waals surface area contributed by atoms with E-state index in [2.05, 4.69) is 22.6 Å². The summed E-state index contributed by atoms with van der Waals surface area (Å²) in [6.45, 7) is 1.96. The number of aliphatic hydroxyl groups excluding tert-OH is 1. The van der Waals surface area contributed by atoms with Crippen LogP contribution in [0.25, 0.3) is 0 Å². The van der Waals surface area contributed by atoms with Gasteiger partial charge < -0.3 is 9.84 Å². The third-order valence-electron chi connectivity index (χ3n) is 2.72. The molecule has 1 unspecified atom stereocenters. The second-order valence-corrected chi connectivity index (χ2v) is 5.19. The van der Waals surface area contributed by atoms with E-state index in [9.17, 15) is 5.11 Å². The lowest BCUT2D eigenvalue weighted by atomic mass is 10.1. The van der Waals surface area contributed by atoms with Crippen molar-refractivity contribution in [3.63, 3.8) is 0 Å². The fraction of sp³-hybridized carbons (Fsp3) is 0.200. The SMILES string of the molecule is CCC(O)c1ccc(Oc2ccccc2I)cc1. The number of halogens is 1. The molecule has 0 saturated heterocycles. The highest BCUT2D eigenvalue weighted by Gasteiger charge is 2.05. The average molecular weight is 354 g/mol. The number of benzene rings is 2. The number of hydrogen-bond donors (Lipinski definition) is 1. The molecule has 2 aromatic rings. The van der Waals surface area contributed by atoms with Crippen LogP contribution < -0.4 is 4.74 Å². The second-order valence-electron chi connectivity index (χ2n) is 4.03. The van der Waals surface area contributed by atoms with E-state index in [1.165, 1.54) is 0 Å². The molecule has 0 radical (unpaired) electrons. The van der Waals surface area contributed by atoms with Crippen LogP contribution in [0.5, 0.6) is 11.5 Å². The van der Waals surface area contributed by atoms with Crippen LogP contribution in [0.2, 0.25) is 0 Å². The molecule has 0 aliphatic heterocycles. The molecular formula is C15H15IO2. The first-order chi connectivity index (χ1) is 8.70. The zero-order chi connectivity index (χ0) is 13.0. The summed E-state index contributed by atoms with van der Waals surface area (Å²) < 4.78 is 6.87. The van der Waals surface area contributed by atoms with Gasteiger partial charge in [-0.05, 0) is 58.8 Å². The van der Waals surface area contributed by atoms with Crippen LogP contribution in [0.4, 0.5) is 0 Å². The van der Waals surface area contributed by atoms with E-state index < -0.39 is 6.10 Å². The molecule has 0 fully saturated rings. The average Bonchev–Trinajstić information content (AvgIpc) is 2.41. The second kappa shape index (κ2) is 6.20. The van der Waals surface area contributed by atoms with Gasteiger partial charge in [0.1, 0.15) is 11.5 Å². The van der Waals surface area contributed by atoms with Crippen molar-refractivity contribution in [1.82, 2.24) is 0 Å². The minimum absolute atomic E-state index is 0.393. The minimum atomic E-state index is -0.393. The molecule has 0 spiro atoms. The zero-order valence-electron chi connectivity index (χ0n) is 10.1. The van der Waals surface area contributed by atoms with Gasteiger partial charge in [0, 0.05) is 0 Å². The summed E-state index contributed by atoms with van der Waals surface area (Å²) in [6.07, 6.45) is 0.326. The first-order valence-electron chi connectivity index (χ1n) is 5.91. The molecule has 0 saturated carbocycles. The van der Waals surface area contributed by atoms with Crippen molar-refractivity contribution in [3.05, 3.63) is 57.7 Å². The zero-order valence-corrected chi connectivity index (χ0v) is 12.3. The van der Waals surface area contributed by atoms with Crippen molar-refractivity contribution in [1.29, 1.82) is 0 Å². The third-order valence-corrected chi connectivity index (χ3v) is 3.61. The number of aliphatic hydroxyl groups is 1. The molecule has 1 N–H and O–H groups in total. The maximum absolute atomic E-state index is 9.71. The minimum Gasteiger partial charge on any atom is -0.456 e. The van der Waals surface area contributed by atoms with Gasteiger partial charge in [0.15, 0.2) is 0 Å². The maximum Gasteiger partial charge on any atom is 0.140 e. The molecule has 0 amide bonds. The van der Waals surface area contributed by atoms with Crippen molar-refractivity contribution >= 4 is 22.6 Å². The summed E-state index contributed by atoms with van der Waals surface area (Å²) in [6, 6.07) is 15.5. The Kier molecular flexibility index (Phi) is 4.60. The van der Waals surface area contributed by atoms with E-state index in [0.29, 0.717) is 0 Å². The maximum atomic E-state index is 9.71. The van der Waals surface area contributed by atoms with Gasteiger partial charge in [0.05, 0.1) is 9.67 Å². The van der Waals surface area contributed by atoms with E-state index in [-0.39, 0.29) is 0 Å². The van der Waals surface area contributed by atoms with Gasteiger partial charge in [-0.2, -0.15) is 0 Å². The molecule has 0 bridgehead atoms. The normalized spacial score (nSPS) is 12.2. The van der Waals surface area contributed by atoms with E-state index in [1.54, 1.807) is 0 Å². The van der Waals surface area contributed by atoms with Crippen LogP contribution in [-0.4, -0.2) is 5.11 Å². The molecule has 94 valence electrons. The summed E-state index contributed by atoms with van der Waals surface area (Å²) in [7, 11) is 0. The number of rotatable bonds is 4. The van der Waals surface area contributed by atoms with E-state index >= 15 is 0 Å². The molecule has 2 aromatic carbocycles. The lowest BCUT2D eigenvalue weighted by molar-refractivity contribution is 0.173. The Morgan fingerprint density at radius 3 is 2.39 bits per heavy atom. The smallest absolute Gasteiger partial charge is 0.140 e. The first-order valence-corrected chi connectivity index (χ1v) is 6.99. The van der Waals surface area contributed by atoms with E-state index in [4.69, 9.17) is 4.74 Å². The highest BCUT2D eigenvalue weighted by atomic mass is 127. The molecule has 0 aliphatic rings. The highest BCUT2D eigenvalue weighted by molar-refractivity contribution is 14.1. The van der Waals surface area contributed by atoms with Gasteiger partial charge in [-0.1, -0.05) is 31.2 Å². The van der Waals surface area contributed by atoms with Crippen LogP contribution in [0.1, 0.15) is 25.0 Å². The highest BCUT2D eigenvalue weighted by Crippen LogP contribution is 2.27. The van der Waals surface area contributed by atoms with Gasteiger partial charge in [-0.15, -0.1) is 0 Å². The lowest BCUT2D eigenvalue weighted by Gasteiger charge is -2.10. The van der Waals surface area contributed by atoms with Crippen LogP contribution >= 0.6 is 22.6 Å². The lowest BCUT2D eigenvalue weighted by Crippen LogP contribution is -1.94. The molecule has 0 aliphatic carbocycles. The standard InChI is InChI=1S/C15H15IO2/c1-2-14(17)11-7-9-12(10-8-11)18-15-6-4-3-5-13(15)16/h3-10,14,17H,2H2,1H3. The van der Waals surface area contributed by atoms with E-state index in [1.807, 2.05) is 55.5 Å². The summed E-state index contributed by atoms with van der Waals surface area (Å²) in [5.74, 6) is 1.63. The molecule has 0 heterocycles. The predicted molar refractivity (Wildman–Crippen MR) is 80.9 cm³/mol. The summed E-state index contributed by atoms with van der Waals surface area (Å²) in [4.78, 5) is 0. The Morgan fingerprint density at radius 2 is 1.78 bits per heavy atom. The largest absolute Gasteiger partial charge is 0.456 e. The van der Waals surface area contributed by atoms with Crippen molar-refractivity contribution in [2.75, 3.05) is 0 Å². The van der Waals surface area contributed by atoms with Gasteiger partial charge in [0.2, 0.25) is 0 Å². The Balaban J connectivity index is 2.14. The third kappa shape index (κ3) is 3.23.